The van der Waals surface area contributed by atoms with Gasteiger partial charge >= 0.3 is 6.09 Å². The van der Waals surface area contributed by atoms with Crippen LogP contribution in [0.15, 0.2) is 24.8 Å². The largest absolute Gasteiger partial charge is 0.444 e. The van der Waals surface area contributed by atoms with E-state index in [9.17, 15) is 9.59 Å². The fourth-order valence-corrected chi connectivity index (χ4v) is 3.60. The van der Waals surface area contributed by atoms with E-state index in [1.807, 2.05) is 0 Å². The summed E-state index contributed by atoms with van der Waals surface area (Å²) in [4.78, 5) is 34.2. The van der Waals surface area contributed by atoms with Crippen LogP contribution >= 0.6 is 0 Å². The number of alkyl halides is 1. The average molecular weight is 458 g/mol. The molecule has 176 valence electrons. The molecule has 0 saturated carbocycles. The highest BCUT2D eigenvalue weighted by Crippen LogP contribution is 2.29. The van der Waals surface area contributed by atoms with Crippen molar-refractivity contribution in [3.8, 4) is 11.3 Å². The number of fused-ring (bicyclic) bond motifs is 1. The lowest BCUT2D eigenvalue weighted by Crippen LogP contribution is -2.48. The Balaban J connectivity index is 1.51. The third-order valence-corrected chi connectivity index (χ3v) is 5.37. The van der Waals surface area contributed by atoms with Gasteiger partial charge in [0.25, 0.3) is 5.91 Å². The molecule has 2 amide bonds. The second-order valence-corrected chi connectivity index (χ2v) is 9.15. The number of ether oxygens (including phenoxy) is 1. The maximum absolute atomic E-state index is 15.6. The molecule has 0 aliphatic carbocycles. The lowest BCUT2D eigenvalue weighted by atomic mass is 9.93. The predicted octanol–water partition coefficient (Wildman–Crippen LogP) is 2.37. The van der Waals surface area contributed by atoms with Crippen molar-refractivity contribution in [2.75, 3.05) is 25.0 Å². The van der Waals surface area contributed by atoms with Gasteiger partial charge in [0.15, 0.2) is 11.5 Å². The van der Waals surface area contributed by atoms with Gasteiger partial charge in [-0.15, -0.1) is 0 Å². The van der Waals surface area contributed by atoms with Gasteiger partial charge in [0.2, 0.25) is 0 Å². The van der Waals surface area contributed by atoms with Crippen LogP contribution in [0.5, 0.6) is 0 Å². The molecular weight excluding hydrogens is 431 g/mol. The molecule has 4 heterocycles. The first-order chi connectivity index (χ1) is 15.5. The number of nitrogens with two attached hydrogens (primary N) is 1. The zero-order chi connectivity index (χ0) is 23.8. The maximum Gasteiger partial charge on any atom is 0.410 e. The molecule has 0 bridgehead atoms. The van der Waals surface area contributed by atoms with Crippen LogP contribution in [0.1, 0.15) is 44.1 Å². The summed E-state index contributed by atoms with van der Waals surface area (Å²) in [5, 5.41) is 9.70. The number of amides is 2. The van der Waals surface area contributed by atoms with Crippen LogP contribution in [0.3, 0.4) is 0 Å². The summed E-state index contributed by atoms with van der Waals surface area (Å²) in [5.74, 6) is -0.362. The average Bonchev–Trinajstić information content (AvgIpc) is 3.41. The number of aromatic amines is 1. The van der Waals surface area contributed by atoms with E-state index in [1.165, 1.54) is 11.1 Å². The Kier molecular flexibility index (Phi) is 5.68. The zero-order valence-corrected chi connectivity index (χ0v) is 18.8. The number of carbonyl (C=O) groups is 2. The van der Waals surface area contributed by atoms with E-state index in [4.69, 9.17) is 10.5 Å². The Morgan fingerprint density at radius 3 is 2.61 bits per heavy atom. The molecule has 0 aromatic carbocycles. The second-order valence-electron chi connectivity index (χ2n) is 9.15. The third-order valence-electron chi connectivity index (χ3n) is 5.37. The van der Waals surface area contributed by atoms with Crippen LogP contribution in [0.2, 0.25) is 0 Å². The summed E-state index contributed by atoms with van der Waals surface area (Å²) < 4.78 is 22.5. The quantitative estimate of drug-likeness (QED) is 0.532. The lowest BCUT2D eigenvalue weighted by molar-refractivity contribution is 0.00574. The molecule has 3 aromatic rings. The molecular formula is C21H27FN8O3. The van der Waals surface area contributed by atoms with Gasteiger partial charge in [-0.1, -0.05) is 0 Å². The number of likely N-dealkylation sites (tertiary alicyclic amines) is 1. The van der Waals surface area contributed by atoms with Gasteiger partial charge in [-0.25, -0.2) is 19.2 Å². The predicted molar refractivity (Wildman–Crippen MR) is 118 cm³/mol. The number of hydrogen-bond acceptors (Lipinski definition) is 7. The molecule has 11 nitrogen and oxygen atoms in total. The van der Waals surface area contributed by atoms with E-state index in [0.717, 1.165) is 5.56 Å². The number of carbonyl (C=O) groups excluding carboxylic acids is 2. The molecule has 0 atom stereocenters. The number of hydrogen-bond donors (Lipinski definition) is 3. The Morgan fingerprint density at radius 1 is 1.27 bits per heavy atom. The monoisotopic (exact) mass is 458 g/mol. The topological polar surface area (TPSA) is 144 Å². The summed E-state index contributed by atoms with van der Waals surface area (Å²) in [6.45, 7) is 5.85. The molecule has 12 heteroatoms. The molecule has 33 heavy (non-hydrogen) atoms. The molecule has 0 spiro atoms. The summed E-state index contributed by atoms with van der Waals surface area (Å²) >= 11 is 0. The van der Waals surface area contributed by atoms with Crippen molar-refractivity contribution >= 4 is 23.5 Å². The van der Waals surface area contributed by atoms with Crippen molar-refractivity contribution in [1.82, 2.24) is 29.5 Å². The van der Waals surface area contributed by atoms with Crippen molar-refractivity contribution < 1.29 is 18.7 Å². The number of primary amides is 1. The smallest absolute Gasteiger partial charge is 0.410 e. The van der Waals surface area contributed by atoms with Gasteiger partial charge in [-0.2, -0.15) is 5.10 Å². The van der Waals surface area contributed by atoms with Crippen LogP contribution in [-0.2, 0) is 4.74 Å². The number of imidazole rings is 1. The fourth-order valence-electron chi connectivity index (χ4n) is 3.60. The van der Waals surface area contributed by atoms with Crippen LogP contribution < -0.4 is 11.1 Å². The first-order valence-corrected chi connectivity index (χ1v) is 10.6. The van der Waals surface area contributed by atoms with E-state index in [1.54, 1.807) is 43.8 Å². The number of aromatic nitrogens is 5. The summed E-state index contributed by atoms with van der Waals surface area (Å²) in [7, 11) is 0. The van der Waals surface area contributed by atoms with Gasteiger partial charge in [0.05, 0.1) is 18.4 Å². The number of halogens is 1. The van der Waals surface area contributed by atoms with Gasteiger partial charge in [0.1, 0.15) is 17.0 Å². The first-order valence-electron chi connectivity index (χ1n) is 10.6. The Labute approximate surface area is 189 Å². The molecule has 1 aliphatic rings. The normalized spacial score (nSPS) is 16.1. The second kappa shape index (κ2) is 8.34. The molecule has 4 N–H and O–H groups in total. The summed E-state index contributed by atoms with van der Waals surface area (Å²) in [5.41, 5.74) is 4.92. The van der Waals surface area contributed by atoms with Crippen molar-refractivity contribution in [2.24, 2.45) is 5.73 Å². The van der Waals surface area contributed by atoms with Crippen LogP contribution in [0.25, 0.3) is 16.9 Å². The minimum absolute atomic E-state index is 0.0363. The number of H-pyrrole nitrogens is 1. The summed E-state index contributed by atoms with van der Waals surface area (Å²) in [6, 6.07) is 0. The van der Waals surface area contributed by atoms with Crippen LogP contribution in [-0.4, -0.2) is 72.4 Å². The molecule has 4 rings (SSSR count). The van der Waals surface area contributed by atoms with E-state index in [-0.39, 0.29) is 38.2 Å². The van der Waals surface area contributed by atoms with Crippen molar-refractivity contribution in [3.05, 3.63) is 30.5 Å². The van der Waals surface area contributed by atoms with E-state index in [0.29, 0.717) is 17.2 Å². The molecule has 1 fully saturated rings. The number of rotatable bonds is 5. The van der Waals surface area contributed by atoms with Crippen molar-refractivity contribution in [3.63, 3.8) is 0 Å². The Morgan fingerprint density at radius 2 is 2.00 bits per heavy atom. The van der Waals surface area contributed by atoms with E-state index >= 15 is 4.39 Å². The highest BCUT2D eigenvalue weighted by Gasteiger charge is 2.37. The lowest BCUT2D eigenvalue weighted by Gasteiger charge is -2.37. The minimum atomic E-state index is -1.55. The Hall–Kier alpha value is -3.70. The first kappa shape index (κ1) is 22.5. The van der Waals surface area contributed by atoms with Gasteiger partial charge in [-0.05, 0) is 20.8 Å². The van der Waals surface area contributed by atoms with Crippen molar-refractivity contribution in [1.29, 1.82) is 0 Å². The van der Waals surface area contributed by atoms with Crippen LogP contribution in [0, 0.1) is 0 Å². The van der Waals surface area contributed by atoms with E-state index in [2.05, 4.69) is 25.5 Å². The van der Waals surface area contributed by atoms with E-state index < -0.39 is 23.3 Å². The molecule has 1 saturated heterocycles. The molecule has 0 radical (unpaired) electrons. The number of piperidine rings is 1. The number of nitrogens with zero attached hydrogens (tertiary/aromatic N) is 5. The number of anilines is 1. The fraction of sp³-hybridized carbons (Fsp3) is 0.476. The summed E-state index contributed by atoms with van der Waals surface area (Å²) in [6.07, 6.45) is 6.33. The molecule has 3 aromatic heterocycles. The third kappa shape index (κ3) is 5.04. The van der Waals surface area contributed by atoms with Crippen molar-refractivity contribution in [2.45, 2.75) is 44.9 Å². The maximum atomic E-state index is 15.6. The minimum Gasteiger partial charge on any atom is -0.444 e. The number of nitrogens with one attached hydrogen (secondary N) is 2. The van der Waals surface area contributed by atoms with Gasteiger partial charge < -0.3 is 25.1 Å². The SMILES string of the molecule is CC(C)(C)OC(=O)N1CCC(F)(CNc2nc(-c3cn[nH]c3)cn3cc(C(N)=O)nc23)CC1. The zero-order valence-electron chi connectivity index (χ0n) is 18.8. The van der Waals surface area contributed by atoms with Gasteiger partial charge in [0, 0.05) is 50.1 Å². The molecule has 1 aliphatic heterocycles. The highest BCUT2D eigenvalue weighted by molar-refractivity contribution is 5.92. The molecule has 0 unspecified atom stereocenters. The van der Waals surface area contributed by atoms with Crippen LogP contribution in [0.4, 0.5) is 15.0 Å². The standard InChI is InChI=1S/C21H27FN8O3/c1-20(2,3)33-19(32)29-6-4-21(22,5-7-29)12-24-17-18-28-15(16(23)31)11-30(18)10-14(27-17)13-8-25-26-9-13/h8-11H,4-7,12H2,1-3H3,(H2,23,31)(H,24,27)(H,25,26). The Bertz CT molecular complexity index is 1160. The highest BCUT2D eigenvalue weighted by atomic mass is 19.1. The van der Waals surface area contributed by atoms with Gasteiger partial charge in [-0.3, -0.25) is 9.89 Å².